The Morgan fingerprint density at radius 3 is 2.56 bits per heavy atom. The Balaban J connectivity index is 2.15. The minimum atomic E-state index is -0.556. The molecule has 94 valence electrons. The van der Waals surface area contributed by atoms with Crippen molar-refractivity contribution in [3.05, 3.63) is 56.6 Å². The van der Waals surface area contributed by atoms with Crippen molar-refractivity contribution in [2.45, 2.75) is 10.8 Å². The molecule has 18 heavy (non-hydrogen) atoms. The van der Waals surface area contributed by atoms with Crippen LogP contribution in [0.5, 0.6) is 0 Å². The van der Waals surface area contributed by atoms with Crippen molar-refractivity contribution in [1.29, 1.82) is 0 Å². The van der Waals surface area contributed by atoms with E-state index in [9.17, 15) is 8.78 Å². The van der Waals surface area contributed by atoms with Crippen molar-refractivity contribution < 1.29 is 8.78 Å². The van der Waals surface area contributed by atoms with Gasteiger partial charge in [-0.1, -0.05) is 0 Å². The van der Waals surface area contributed by atoms with E-state index in [1.165, 1.54) is 23.9 Å². The number of thioether (sulfide) groups is 1. The number of nitrogens with zero attached hydrogens (tertiary/aromatic N) is 1. The summed E-state index contributed by atoms with van der Waals surface area (Å²) in [4.78, 5) is 4.13. The fourth-order valence-electron chi connectivity index (χ4n) is 1.30. The molecule has 0 atom stereocenters. The SMILES string of the molecule is Fc1ccc(Br)c(F)c1CSc1ccc(Br)cn1. The van der Waals surface area contributed by atoms with Crippen LogP contribution in [0, 0.1) is 11.6 Å². The third-order valence-corrected chi connectivity index (χ3v) is 4.26. The van der Waals surface area contributed by atoms with Crippen LogP contribution in [0.1, 0.15) is 5.56 Å². The van der Waals surface area contributed by atoms with Crippen LogP contribution in [0.2, 0.25) is 0 Å². The number of aromatic nitrogens is 1. The van der Waals surface area contributed by atoms with Crippen molar-refractivity contribution in [1.82, 2.24) is 4.98 Å². The normalized spacial score (nSPS) is 10.7. The summed E-state index contributed by atoms with van der Waals surface area (Å²) in [5.41, 5.74) is 0.0547. The molecule has 0 aliphatic rings. The van der Waals surface area contributed by atoms with Crippen LogP contribution in [-0.4, -0.2) is 4.98 Å². The highest BCUT2D eigenvalue weighted by Crippen LogP contribution is 2.28. The lowest BCUT2D eigenvalue weighted by atomic mass is 10.2. The Hall–Kier alpha value is -0.460. The van der Waals surface area contributed by atoms with Crippen LogP contribution in [0.15, 0.2) is 44.4 Å². The van der Waals surface area contributed by atoms with Gasteiger partial charge in [0.15, 0.2) is 0 Å². The van der Waals surface area contributed by atoms with Crippen LogP contribution in [-0.2, 0) is 5.75 Å². The summed E-state index contributed by atoms with van der Waals surface area (Å²) in [7, 11) is 0. The molecule has 2 rings (SSSR count). The van der Waals surface area contributed by atoms with Crippen molar-refractivity contribution in [2.75, 3.05) is 0 Å². The molecule has 0 radical (unpaired) electrons. The molecular formula is C12H7Br2F2NS. The number of hydrogen-bond acceptors (Lipinski definition) is 2. The van der Waals surface area contributed by atoms with Crippen molar-refractivity contribution >= 4 is 43.6 Å². The van der Waals surface area contributed by atoms with E-state index in [2.05, 4.69) is 36.8 Å². The first kappa shape index (κ1) is 14.0. The predicted octanol–water partition coefficient (Wildman–Crippen LogP) is 5.18. The first-order chi connectivity index (χ1) is 8.58. The fourth-order valence-corrected chi connectivity index (χ4v) is 2.75. The molecule has 1 aromatic heterocycles. The first-order valence-corrected chi connectivity index (χ1v) is 7.52. The maximum absolute atomic E-state index is 13.7. The molecule has 1 aromatic carbocycles. The van der Waals surface area contributed by atoms with Crippen LogP contribution >= 0.6 is 43.6 Å². The molecule has 0 aliphatic heterocycles. The molecule has 0 aliphatic carbocycles. The third-order valence-electron chi connectivity index (χ3n) is 2.20. The zero-order chi connectivity index (χ0) is 13.1. The molecule has 0 spiro atoms. The van der Waals surface area contributed by atoms with E-state index in [1.54, 1.807) is 12.3 Å². The summed E-state index contributed by atoms with van der Waals surface area (Å²) in [6.45, 7) is 0. The molecule has 6 heteroatoms. The average Bonchev–Trinajstić information content (AvgIpc) is 2.36. The van der Waals surface area contributed by atoms with Gasteiger partial charge in [0, 0.05) is 22.0 Å². The Kier molecular flexibility index (Phi) is 4.75. The van der Waals surface area contributed by atoms with E-state index in [0.29, 0.717) is 0 Å². The quantitative estimate of drug-likeness (QED) is 0.525. The van der Waals surface area contributed by atoms with Gasteiger partial charge in [-0.2, -0.15) is 0 Å². The summed E-state index contributed by atoms with van der Waals surface area (Å²) in [5, 5.41) is 0.719. The summed E-state index contributed by atoms with van der Waals surface area (Å²) < 4.78 is 28.3. The molecule has 0 saturated carbocycles. The molecule has 2 aromatic rings. The van der Waals surface area contributed by atoms with Crippen LogP contribution < -0.4 is 0 Å². The first-order valence-electron chi connectivity index (χ1n) is 4.94. The highest BCUT2D eigenvalue weighted by Gasteiger charge is 2.12. The largest absolute Gasteiger partial charge is 0.249 e. The summed E-state index contributed by atoms with van der Waals surface area (Å²) in [5.74, 6) is -0.897. The van der Waals surface area contributed by atoms with Gasteiger partial charge in [0.05, 0.1) is 9.50 Å². The number of hydrogen-bond donors (Lipinski definition) is 0. The van der Waals surface area contributed by atoms with E-state index < -0.39 is 11.6 Å². The maximum atomic E-state index is 13.7. The fraction of sp³-hybridized carbons (Fsp3) is 0.0833. The molecule has 1 heterocycles. The van der Waals surface area contributed by atoms with Crippen LogP contribution in [0.25, 0.3) is 0 Å². The van der Waals surface area contributed by atoms with Crippen LogP contribution in [0.3, 0.4) is 0 Å². The second-order valence-corrected chi connectivity index (χ2v) is 6.19. The minimum absolute atomic E-state index is 0.0547. The Bertz CT molecular complexity index is 561. The standard InChI is InChI=1S/C12H7Br2F2NS/c13-7-1-4-11(17-5-7)18-6-8-10(15)3-2-9(14)12(8)16/h1-5H,6H2. The average molecular weight is 395 g/mol. The molecule has 0 fully saturated rings. The van der Waals surface area contributed by atoms with Gasteiger partial charge in [0.25, 0.3) is 0 Å². The number of pyridine rings is 1. The van der Waals surface area contributed by atoms with E-state index in [1.807, 2.05) is 6.07 Å². The van der Waals surface area contributed by atoms with Gasteiger partial charge in [0.1, 0.15) is 11.6 Å². The predicted molar refractivity (Wildman–Crippen MR) is 75.6 cm³/mol. The second-order valence-electron chi connectivity index (χ2n) is 3.43. The molecule has 0 N–H and O–H groups in total. The Morgan fingerprint density at radius 1 is 1.11 bits per heavy atom. The van der Waals surface area contributed by atoms with Gasteiger partial charge in [-0.25, -0.2) is 13.8 Å². The number of halogens is 4. The van der Waals surface area contributed by atoms with Gasteiger partial charge in [-0.05, 0) is 56.1 Å². The highest BCUT2D eigenvalue weighted by atomic mass is 79.9. The van der Waals surface area contributed by atoms with Gasteiger partial charge in [-0.3, -0.25) is 0 Å². The molecule has 0 bridgehead atoms. The summed E-state index contributed by atoms with van der Waals surface area (Å²) >= 11 is 7.61. The van der Waals surface area contributed by atoms with E-state index in [0.717, 1.165) is 9.50 Å². The lowest BCUT2D eigenvalue weighted by Crippen LogP contribution is -1.95. The van der Waals surface area contributed by atoms with Crippen molar-refractivity contribution in [3.63, 3.8) is 0 Å². The van der Waals surface area contributed by atoms with Gasteiger partial charge in [-0.15, -0.1) is 11.8 Å². The molecule has 0 saturated heterocycles. The highest BCUT2D eigenvalue weighted by molar-refractivity contribution is 9.10. The lowest BCUT2D eigenvalue weighted by molar-refractivity contribution is 0.562. The van der Waals surface area contributed by atoms with E-state index >= 15 is 0 Å². The topological polar surface area (TPSA) is 12.9 Å². The smallest absolute Gasteiger partial charge is 0.144 e. The van der Waals surface area contributed by atoms with Crippen molar-refractivity contribution in [3.8, 4) is 0 Å². The van der Waals surface area contributed by atoms with Crippen LogP contribution in [0.4, 0.5) is 8.78 Å². The summed E-state index contributed by atoms with van der Waals surface area (Å²) in [6, 6.07) is 6.24. The molecule has 0 unspecified atom stereocenters. The lowest BCUT2D eigenvalue weighted by Gasteiger charge is -2.06. The molecule has 0 amide bonds. The van der Waals surface area contributed by atoms with Gasteiger partial charge < -0.3 is 0 Å². The monoisotopic (exact) mass is 393 g/mol. The van der Waals surface area contributed by atoms with Gasteiger partial charge >= 0.3 is 0 Å². The summed E-state index contributed by atoms with van der Waals surface area (Å²) in [6.07, 6.45) is 1.65. The van der Waals surface area contributed by atoms with Crippen molar-refractivity contribution in [2.24, 2.45) is 0 Å². The maximum Gasteiger partial charge on any atom is 0.144 e. The van der Waals surface area contributed by atoms with E-state index in [-0.39, 0.29) is 15.8 Å². The number of benzene rings is 1. The number of rotatable bonds is 3. The van der Waals surface area contributed by atoms with E-state index in [4.69, 9.17) is 0 Å². The molecule has 1 nitrogen and oxygen atoms in total. The molecular weight excluding hydrogens is 388 g/mol. The second kappa shape index (κ2) is 6.12. The zero-order valence-electron chi connectivity index (χ0n) is 8.96. The third kappa shape index (κ3) is 3.30. The zero-order valence-corrected chi connectivity index (χ0v) is 12.9. The minimum Gasteiger partial charge on any atom is -0.249 e. The Labute approximate surface area is 124 Å². The van der Waals surface area contributed by atoms with Gasteiger partial charge in [0.2, 0.25) is 0 Å². The Morgan fingerprint density at radius 2 is 1.89 bits per heavy atom.